The summed E-state index contributed by atoms with van der Waals surface area (Å²) in [4.78, 5) is 24.8. The van der Waals surface area contributed by atoms with Crippen LogP contribution in [0.3, 0.4) is 0 Å². The summed E-state index contributed by atoms with van der Waals surface area (Å²) in [5.41, 5.74) is -0.121. The summed E-state index contributed by atoms with van der Waals surface area (Å²) in [5, 5.41) is 0. The summed E-state index contributed by atoms with van der Waals surface area (Å²) in [6.07, 6.45) is 0. The number of carbonyl (C=O) groups excluding carboxylic acids is 2. The van der Waals surface area contributed by atoms with Crippen molar-refractivity contribution in [3.63, 3.8) is 0 Å². The summed E-state index contributed by atoms with van der Waals surface area (Å²) in [7, 11) is 0. The molecule has 1 aliphatic carbocycles. The van der Waals surface area contributed by atoms with E-state index in [9.17, 15) is 9.59 Å². The van der Waals surface area contributed by atoms with Crippen LogP contribution in [0, 0.1) is 0 Å². The molecule has 0 N–H and O–H groups in total. The van der Waals surface area contributed by atoms with E-state index >= 15 is 0 Å². The first-order valence-electron chi connectivity index (χ1n) is 6.74. The van der Waals surface area contributed by atoms with E-state index in [-0.39, 0.29) is 22.3 Å². The fraction of sp³-hybridized carbons (Fsp3) is 0. The average Bonchev–Trinajstić information content (AvgIpc) is 2.46. The molecule has 0 aromatic heterocycles. The van der Waals surface area contributed by atoms with E-state index in [1.807, 2.05) is 0 Å². The predicted molar refractivity (Wildman–Crippen MR) is 59.7 cm³/mol. The topological polar surface area (TPSA) is 34.1 Å². The summed E-state index contributed by atoms with van der Waals surface area (Å²) in [6.45, 7) is 0. The molecule has 2 heteroatoms. The Morgan fingerprint density at radius 1 is 0.750 bits per heavy atom. The van der Waals surface area contributed by atoms with Crippen LogP contribution in [0.2, 0.25) is 0 Å². The van der Waals surface area contributed by atoms with Crippen molar-refractivity contribution in [1.29, 1.82) is 0 Å². The van der Waals surface area contributed by atoms with Gasteiger partial charge in [-0.25, -0.2) is 0 Å². The minimum absolute atomic E-state index is 0.176. The molecule has 0 heterocycles. The van der Waals surface area contributed by atoms with Crippen LogP contribution in [-0.4, -0.2) is 11.6 Å². The molecular weight excluding hydrogens is 200 g/mol. The maximum Gasteiger partial charge on any atom is 0.194 e. The zero-order chi connectivity index (χ0) is 14.6. The quantitative estimate of drug-likeness (QED) is 0.573. The monoisotopic (exact) mass is 212 g/mol. The lowest BCUT2D eigenvalue weighted by Crippen LogP contribution is -2.20. The lowest BCUT2D eigenvalue weighted by Gasteiger charge is -2.16. The molecule has 0 spiro atoms. The summed E-state index contributed by atoms with van der Waals surface area (Å²) in [6, 6.07) is 4.26. The van der Waals surface area contributed by atoms with Gasteiger partial charge in [0.15, 0.2) is 11.6 Å². The molecule has 0 radical (unpaired) electrons. The van der Waals surface area contributed by atoms with Gasteiger partial charge in [-0.3, -0.25) is 9.59 Å². The minimum Gasteiger partial charge on any atom is -0.289 e. The second kappa shape index (κ2) is 3.14. The normalized spacial score (nSPS) is 16.8. The first kappa shape index (κ1) is 5.75. The number of ketones is 2. The summed E-state index contributed by atoms with van der Waals surface area (Å²) in [5.74, 6) is -1.08. The van der Waals surface area contributed by atoms with Crippen LogP contribution in [0.1, 0.15) is 37.3 Å². The molecule has 3 rings (SSSR count). The van der Waals surface area contributed by atoms with Gasteiger partial charge in [0.05, 0.1) is 5.48 Å². The number of rotatable bonds is 0. The molecule has 2 nitrogen and oxygen atoms in total. The number of benzene rings is 2. The highest BCUT2D eigenvalue weighted by molar-refractivity contribution is 6.28. The van der Waals surface area contributed by atoms with E-state index in [0.717, 1.165) is 0 Å². The third-order valence-corrected chi connectivity index (χ3v) is 2.56. The standard InChI is InChI=1S/C14H8O2/c15-13-9-5-1-2-6-10(9)14(16)12-8-4-3-7-11(12)13/h1-8H/i1D,2D,5D,6D. The van der Waals surface area contributed by atoms with Gasteiger partial charge in [-0.1, -0.05) is 48.4 Å². The predicted octanol–water partition coefficient (Wildman–Crippen LogP) is 2.46. The molecule has 0 unspecified atom stereocenters. The Morgan fingerprint density at radius 2 is 1.19 bits per heavy atom. The smallest absolute Gasteiger partial charge is 0.194 e. The lowest BCUT2D eigenvalue weighted by atomic mass is 9.84. The van der Waals surface area contributed by atoms with Crippen molar-refractivity contribution >= 4 is 11.6 Å². The van der Waals surface area contributed by atoms with Crippen molar-refractivity contribution in [2.24, 2.45) is 0 Å². The van der Waals surface area contributed by atoms with Crippen molar-refractivity contribution < 1.29 is 15.1 Å². The molecule has 1 aliphatic rings. The first-order valence-corrected chi connectivity index (χ1v) is 4.74. The van der Waals surface area contributed by atoms with E-state index in [2.05, 4.69) is 0 Å². The van der Waals surface area contributed by atoms with Gasteiger partial charge in [-0.15, -0.1) is 0 Å². The van der Waals surface area contributed by atoms with Crippen LogP contribution < -0.4 is 0 Å². The fourth-order valence-corrected chi connectivity index (χ4v) is 1.80. The van der Waals surface area contributed by atoms with Crippen LogP contribution in [0.25, 0.3) is 0 Å². The number of hydrogen-bond donors (Lipinski definition) is 0. The minimum atomic E-state index is -0.540. The Morgan fingerprint density at radius 3 is 1.62 bits per heavy atom. The molecule has 2 aromatic rings. The summed E-state index contributed by atoms with van der Waals surface area (Å²) < 4.78 is 30.8. The third kappa shape index (κ3) is 1.07. The van der Waals surface area contributed by atoms with Gasteiger partial charge < -0.3 is 0 Å². The van der Waals surface area contributed by atoms with Crippen LogP contribution in [0.5, 0.6) is 0 Å². The van der Waals surface area contributed by atoms with Crippen LogP contribution in [-0.2, 0) is 0 Å². The second-order valence-electron chi connectivity index (χ2n) is 3.45. The Kier molecular flexibility index (Phi) is 1.13. The number of carbonyl (C=O) groups is 2. The Balaban J connectivity index is 2.46. The molecule has 0 atom stereocenters. The molecule has 16 heavy (non-hydrogen) atoms. The SMILES string of the molecule is [2H]c1c([2H])c([2H])c2c(c1[2H])C(=O)c1ccccc1C2=O. The zero-order valence-electron chi connectivity index (χ0n) is 12.1. The van der Waals surface area contributed by atoms with E-state index in [0.29, 0.717) is 0 Å². The Labute approximate surface area is 98.2 Å². The maximum absolute atomic E-state index is 12.4. The fourth-order valence-electron chi connectivity index (χ4n) is 1.80. The van der Waals surface area contributed by atoms with Gasteiger partial charge in [0.2, 0.25) is 0 Å². The van der Waals surface area contributed by atoms with Crippen LogP contribution in [0.15, 0.2) is 48.4 Å². The highest BCUT2D eigenvalue weighted by Crippen LogP contribution is 2.26. The Hall–Kier alpha value is -2.22. The molecule has 0 fully saturated rings. The van der Waals surface area contributed by atoms with Crippen LogP contribution >= 0.6 is 0 Å². The van der Waals surface area contributed by atoms with Crippen molar-refractivity contribution in [3.05, 3.63) is 70.7 Å². The van der Waals surface area contributed by atoms with Gasteiger partial charge in [0, 0.05) is 22.3 Å². The molecule has 0 saturated heterocycles. The van der Waals surface area contributed by atoms with Gasteiger partial charge in [-0.2, -0.15) is 0 Å². The molecule has 2 aromatic carbocycles. The Bertz CT molecular complexity index is 730. The van der Waals surface area contributed by atoms with Crippen LogP contribution in [0.4, 0.5) is 0 Å². The molecule has 76 valence electrons. The number of hydrogen-bond acceptors (Lipinski definition) is 2. The maximum atomic E-state index is 12.4. The van der Waals surface area contributed by atoms with Crippen molar-refractivity contribution in [2.45, 2.75) is 0 Å². The van der Waals surface area contributed by atoms with E-state index in [1.165, 1.54) is 12.1 Å². The van der Waals surface area contributed by atoms with Crippen molar-refractivity contribution in [2.75, 3.05) is 0 Å². The average molecular weight is 212 g/mol. The third-order valence-electron chi connectivity index (χ3n) is 2.56. The molecule has 0 saturated carbocycles. The second-order valence-corrected chi connectivity index (χ2v) is 3.45. The highest BCUT2D eigenvalue weighted by atomic mass is 16.1. The van der Waals surface area contributed by atoms with Gasteiger partial charge in [-0.05, 0) is 0 Å². The van der Waals surface area contributed by atoms with E-state index in [1.54, 1.807) is 12.1 Å². The van der Waals surface area contributed by atoms with E-state index < -0.39 is 35.7 Å². The molecule has 0 amide bonds. The highest BCUT2D eigenvalue weighted by Gasteiger charge is 2.28. The lowest BCUT2D eigenvalue weighted by molar-refractivity contribution is 0.0979. The van der Waals surface area contributed by atoms with Crippen molar-refractivity contribution in [1.82, 2.24) is 0 Å². The largest absolute Gasteiger partial charge is 0.289 e. The number of fused-ring (bicyclic) bond motifs is 2. The van der Waals surface area contributed by atoms with Gasteiger partial charge >= 0.3 is 0 Å². The molecule has 0 aliphatic heterocycles. The summed E-state index contributed by atoms with van der Waals surface area (Å²) >= 11 is 0. The van der Waals surface area contributed by atoms with Crippen molar-refractivity contribution in [3.8, 4) is 0 Å². The van der Waals surface area contributed by atoms with Gasteiger partial charge in [0.25, 0.3) is 0 Å². The molecule has 0 bridgehead atoms. The molecular formula is C14H8O2. The first-order chi connectivity index (χ1) is 9.45. The zero-order valence-corrected chi connectivity index (χ0v) is 8.13. The van der Waals surface area contributed by atoms with Gasteiger partial charge in [0.1, 0.15) is 0 Å². The van der Waals surface area contributed by atoms with E-state index in [4.69, 9.17) is 5.48 Å².